The van der Waals surface area contributed by atoms with Crippen molar-refractivity contribution in [1.82, 2.24) is 15.1 Å². The molecule has 98 valence electrons. The number of nitrogens with one attached hydrogen (secondary N) is 2. The van der Waals surface area contributed by atoms with E-state index in [1.165, 1.54) is 19.3 Å². The molecule has 0 radical (unpaired) electrons. The highest BCUT2D eigenvalue weighted by molar-refractivity contribution is 5.96. The molecule has 1 heterocycles. The van der Waals surface area contributed by atoms with Crippen molar-refractivity contribution in [3.8, 4) is 0 Å². The second-order valence-electron chi connectivity index (χ2n) is 3.54. The summed E-state index contributed by atoms with van der Waals surface area (Å²) in [6.45, 7) is 1.16. The van der Waals surface area contributed by atoms with Crippen molar-refractivity contribution in [2.75, 3.05) is 5.32 Å². The fourth-order valence-electron chi connectivity index (χ4n) is 1.18. The van der Waals surface area contributed by atoms with Gasteiger partial charge in [-0.1, -0.05) is 0 Å². The molecule has 0 aliphatic rings. The van der Waals surface area contributed by atoms with Crippen LogP contribution in [0, 0.1) is 0 Å². The van der Waals surface area contributed by atoms with Crippen LogP contribution < -0.4 is 16.4 Å². The smallest absolute Gasteiger partial charge is 0.325 e. The molecule has 0 aromatic carbocycles. The van der Waals surface area contributed by atoms with Gasteiger partial charge in [-0.3, -0.25) is 14.3 Å². The van der Waals surface area contributed by atoms with Crippen LogP contribution in [0.4, 0.5) is 10.5 Å². The molecule has 0 spiro atoms. The zero-order chi connectivity index (χ0) is 13.7. The zero-order valence-corrected chi connectivity index (χ0v) is 9.58. The van der Waals surface area contributed by atoms with Crippen molar-refractivity contribution < 1.29 is 19.5 Å². The lowest BCUT2D eigenvalue weighted by molar-refractivity contribution is -0.137. The van der Waals surface area contributed by atoms with E-state index in [1.807, 2.05) is 0 Å². The monoisotopic (exact) mass is 255 g/mol. The highest BCUT2D eigenvalue weighted by atomic mass is 16.4. The Labute approximate surface area is 102 Å². The van der Waals surface area contributed by atoms with Crippen LogP contribution in [-0.2, 0) is 16.1 Å². The Morgan fingerprint density at radius 2 is 2.22 bits per heavy atom. The van der Waals surface area contributed by atoms with Gasteiger partial charge < -0.3 is 21.5 Å². The summed E-state index contributed by atoms with van der Waals surface area (Å²) >= 11 is 0. The largest absolute Gasteiger partial charge is 0.480 e. The van der Waals surface area contributed by atoms with Crippen LogP contribution in [0.2, 0.25) is 0 Å². The summed E-state index contributed by atoms with van der Waals surface area (Å²) in [4.78, 5) is 32.5. The number of carboxylic acids is 1. The number of carbonyl (C=O) groups excluding carboxylic acids is 2. The number of primary amides is 1. The van der Waals surface area contributed by atoms with E-state index < -0.39 is 23.9 Å². The van der Waals surface area contributed by atoms with Gasteiger partial charge in [0.2, 0.25) is 5.91 Å². The van der Waals surface area contributed by atoms with E-state index in [2.05, 4.69) is 15.7 Å². The molecule has 0 fully saturated rings. The fraction of sp³-hybridized carbons (Fsp3) is 0.333. The number of carbonyl (C=O) groups is 3. The molecule has 5 N–H and O–H groups in total. The Bertz CT molecular complexity index is 469. The van der Waals surface area contributed by atoms with Crippen molar-refractivity contribution in [1.29, 1.82) is 0 Å². The first-order valence-corrected chi connectivity index (χ1v) is 4.99. The predicted octanol–water partition coefficient (Wildman–Crippen LogP) is -1.04. The second-order valence-corrected chi connectivity index (χ2v) is 3.54. The lowest BCUT2D eigenvalue weighted by Gasteiger charge is -2.10. The van der Waals surface area contributed by atoms with Crippen LogP contribution in [0.25, 0.3) is 0 Å². The molecule has 1 aromatic heterocycles. The van der Waals surface area contributed by atoms with Gasteiger partial charge in [-0.05, 0) is 6.92 Å². The quantitative estimate of drug-likeness (QED) is 0.532. The van der Waals surface area contributed by atoms with E-state index >= 15 is 0 Å². The van der Waals surface area contributed by atoms with E-state index in [9.17, 15) is 14.4 Å². The van der Waals surface area contributed by atoms with Gasteiger partial charge in [-0.25, -0.2) is 4.79 Å². The van der Waals surface area contributed by atoms with E-state index in [0.717, 1.165) is 4.68 Å². The fourth-order valence-corrected chi connectivity index (χ4v) is 1.18. The van der Waals surface area contributed by atoms with Crippen LogP contribution >= 0.6 is 0 Å². The van der Waals surface area contributed by atoms with Gasteiger partial charge in [0.05, 0.1) is 11.9 Å². The Morgan fingerprint density at radius 3 is 2.78 bits per heavy atom. The molecule has 3 amide bonds. The van der Waals surface area contributed by atoms with E-state index in [4.69, 9.17) is 10.8 Å². The van der Waals surface area contributed by atoms with Crippen LogP contribution in [-0.4, -0.2) is 38.8 Å². The molecule has 0 bridgehead atoms. The van der Waals surface area contributed by atoms with Crippen LogP contribution in [0.15, 0.2) is 12.4 Å². The maximum atomic E-state index is 11.5. The van der Waals surface area contributed by atoms with Gasteiger partial charge in [-0.15, -0.1) is 0 Å². The molecule has 9 nitrogen and oxygen atoms in total. The summed E-state index contributed by atoms with van der Waals surface area (Å²) in [5.74, 6) is -1.52. The number of nitrogens with zero attached hydrogens (tertiary/aromatic N) is 2. The van der Waals surface area contributed by atoms with E-state index in [1.54, 1.807) is 0 Å². The molecule has 1 aromatic rings. The van der Waals surface area contributed by atoms with Gasteiger partial charge in [-0.2, -0.15) is 5.10 Å². The molecule has 0 saturated carbocycles. The highest BCUT2D eigenvalue weighted by Gasteiger charge is 2.14. The molecular weight excluding hydrogens is 242 g/mol. The first kappa shape index (κ1) is 13.5. The number of anilines is 1. The number of nitrogens with two attached hydrogens (primary N) is 1. The highest BCUT2D eigenvalue weighted by Crippen LogP contribution is 2.05. The van der Waals surface area contributed by atoms with Crippen LogP contribution in [0.1, 0.15) is 6.92 Å². The Hall–Kier alpha value is -2.58. The topological polar surface area (TPSA) is 139 Å². The second kappa shape index (κ2) is 5.66. The minimum Gasteiger partial charge on any atom is -0.480 e. The Balaban J connectivity index is 2.56. The summed E-state index contributed by atoms with van der Waals surface area (Å²) in [7, 11) is 0. The molecule has 0 aliphatic carbocycles. The van der Waals surface area contributed by atoms with Gasteiger partial charge in [0.25, 0.3) is 0 Å². The van der Waals surface area contributed by atoms with Crippen molar-refractivity contribution in [3.05, 3.63) is 12.4 Å². The van der Waals surface area contributed by atoms with E-state index in [0.29, 0.717) is 5.69 Å². The number of aliphatic carboxylic acids is 1. The van der Waals surface area contributed by atoms with Crippen molar-refractivity contribution in [3.63, 3.8) is 0 Å². The van der Waals surface area contributed by atoms with Crippen molar-refractivity contribution >= 4 is 23.6 Å². The molecule has 1 rings (SSSR count). The van der Waals surface area contributed by atoms with Crippen LogP contribution in [0.5, 0.6) is 0 Å². The summed E-state index contributed by atoms with van der Waals surface area (Å²) in [5.41, 5.74) is 5.20. The first-order chi connectivity index (χ1) is 8.38. The summed E-state index contributed by atoms with van der Waals surface area (Å²) in [5, 5.41) is 16.9. The number of carboxylic acid groups (broad SMARTS) is 1. The number of hydrogen-bond donors (Lipinski definition) is 4. The first-order valence-electron chi connectivity index (χ1n) is 4.99. The normalized spacial score (nSPS) is 11.6. The maximum Gasteiger partial charge on any atom is 0.325 e. The SMILES string of the molecule is CC(NC(N)=O)C(=O)Nc1cnn(CC(=O)O)c1. The average Bonchev–Trinajstić information content (AvgIpc) is 2.63. The summed E-state index contributed by atoms with van der Waals surface area (Å²) in [6.07, 6.45) is 2.67. The van der Waals surface area contributed by atoms with Gasteiger partial charge >= 0.3 is 12.0 Å². The van der Waals surface area contributed by atoms with Crippen LogP contribution in [0.3, 0.4) is 0 Å². The molecule has 9 heteroatoms. The lowest BCUT2D eigenvalue weighted by atomic mass is 10.3. The predicted molar refractivity (Wildman–Crippen MR) is 60.7 cm³/mol. The van der Waals surface area contributed by atoms with Gasteiger partial charge in [0, 0.05) is 6.20 Å². The number of rotatable bonds is 5. The average molecular weight is 255 g/mol. The van der Waals surface area contributed by atoms with Crippen molar-refractivity contribution in [2.45, 2.75) is 19.5 Å². The molecule has 0 saturated heterocycles. The number of urea groups is 1. The third-order valence-corrected chi connectivity index (χ3v) is 1.95. The summed E-state index contributed by atoms with van der Waals surface area (Å²) < 4.78 is 1.16. The Morgan fingerprint density at radius 1 is 1.56 bits per heavy atom. The third kappa shape index (κ3) is 4.12. The number of hydrogen-bond acceptors (Lipinski definition) is 4. The Kier molecular flexibility index (Phi) is 4.24. The third-order valence-electron chi connectivity index (χ3n) is 1.95. The molecule has 18 heavy (non-hydrogen) atoms. The zero-order valence-electron chi connectivity index (χ0n) is 9.58. The molecule has 0 aliphatic heterocycles. The minimum atomic E-state index is -1.04. The standard InChI is InChI=1S/C9H13N5O4/c1-5(12-9(10)18)8(17)13-6-2-11-14(3-6)4-7(15)16/h2-3,5H,4H2,1H3,(H,13,17)(H,15,16)(H3,10,12,18). The maximum absolute atomic E-state index is 11.5. The minimum absolute atomic E-state index is 0.301. The number of amides is 3. The van der Waals surface area contributed by atoms with Crippen molar-refractivity contribution in [2.24, 2.45) is 5.73 Å². The molecule has 1 atom stereocenters. The number of aromatic nitrogens is 2. The van der Waals surface area contributed by atoms with Gasteiger partial charge in [0.1, 0.15) is 12.6 Å². The van der Waals surface area contributed by atoms with E-state index in [-0.39, 0.29) is 6.54 Å². The molecule has 1 unspecified atom stereocenters. The lowest BCUT2D eigenvalue weighted by Crippen LogP contribution is -2.44. The van der Waals surface area contributed by atoms with Gasteiger partial charge in [0.15, 0.2) is 0 Å². The molecular formula is C9H13N5O4. The summed E-state index contributed by atoms with van der Waals surface area (Å²) in [6, 6.07) is -1.61.